The summed E-state index contributed by atoms with van der Waals surface area (Å²) >= 11 is 0. The molecule has 1 aliphatic rings. The molecule has 1 aromatic rings. The van der Waals surface area contributed by atoms with E-state index in [0.29, 0.717) is 19.0 Å². The summed E-state index contributed by atoms with van der Waals surface area (Å²) < 4.78 is 0. The van der Waals surface area contributed by atoms with E-state index in [1.165, 1.54) is 11.1 Å². The highest BCUT2D eigenvalue weighted by atomic mass is 16.3. The van der Waals surface area contributed by atoms with Crippen molar-refractivity contribution in [2.45, 2.75) is 45.1 Å². The molecule has 1 aromatic carbocycles. The van der Waals surface area contributed by atoms with E-state index < -0.39 is 0 Å². The molecule has 0 aromatic heterocycles. The smallest absolute Gasteiger partial charge is 0.317 e. The van der Waals surface area contributed by atoms with Gasteiger partial charge < -0.3 is 15.3 Å². The Bertz CT molecular complexity index is 470. The van der Waals surface area contributed by atoms with Gasteiger partial charge in [0.1, 0.15) is 0 Å². The molecule has 0 aliphatic heterocycles. The Labute approximate surface area is 127 Å². The number of carbonyl (C=O) groups is 1. The third kappa shape index (κ3) is 3.76. The Morgan fingerprint density at radius 2 is 2.00 bits per heavy atom. The molecule has 0 heterocycles. The average Bonchev–Trinajstić information content (AvgIpc) is 2.50. The van der Waals surface area contributed by atoms with Gasteiger partial charge in [-0.2, -0.15) is 0 Å². The molecule has 116 valence electrons. The quantitative estimate of drug-likeness (QED) is 0.875. The second kappa shape index (κ2) is 7.46. The first-order chi connectivity index (χ1) is 10.2. The van der Waals surface area contributed by atoms with Crippen molar-refractivity contribution in [3.05, 3.63) is 35.4 Å². The van der Waals surface area contributed by atoms with E-state index in [2.05, 4.69) is 30.4 Å². The Hall–Kier alpha value is -1.55. The van der Waals surface area contributed by atoms with E-state index in [4.69, 9.17) is 5.11 Å². The molecule has 2 atom stereocenters. The first-order valence-corrected chi connectivity index (χ1v) is 7.92. The number of nitrogens with zero attached hydrogens (tertiary/aromatic N) is 1. The number of carbonyl (C=O) groups excluding carboxylic acids is 1. The molecule has 4 heteroatoms. The second-order valence-electron chi connectivity index (χ2n) is 5.82. The number of aliphatic hydroxyl groups is 1. The predicted octanol–water partition coefficient (Wildman–Crippen LogP) is 3.04. The van der Waals surface area contributed by atoms with E-state index in [9.17, 15) is 4.79 Å². The van der Waals surface area contributed by atoms with Crippen molar-refractivity contribution in [1.82, 2.24) is 10.2 Å². The normalized spacial score (nSPS) is 20.7. The zero-order valence-corrected chi connectivity index (χ0v) is 13.0. The maximum absolute atomic E-state index is 12.4. The van der Waals surface area contributed by atoms with Crippen molar-refractivity contribution in [3.8, 4) is 0 Å². The average molecular weight is 290 g/mol. The number of hydrogen-bond donors (Lipinski definition) is 2. The fourth-order valence-corrected chi connectivity index (χ4v) is 3.10. The minimum absolute atomic E-state index is 0.00566. The van der Waals surface area contributed by atoms with Gasteiger partial charge >= 0.3 is 6.03 Å². The van der Waals surface area contributed by atoms with Crippen molar-refractivity contribution in [2.75, 3.05) is 19.7 Å². The first kappa shape index (κ1) is 15.8. The van der Waals surface area contributed by atoms with Gasteiger partial charge in [0.15, 0.2) is 0 Å². The number of urea groups is 1. The number of aliphatic hydroxyl groups excluding tert-OH is 1. The fraction of sp³-hybridized carbons (Fsp3) is 0.588. The lowest BCUT2D eigenvalue weighted by Crippen LogP contribution is -2.44. The molecule has 0 radical (unpaired) electrons. The minimum atomic E-state index is -0.0692. The van der Waals surface area contributed by atoms with Crippen molar-refractivity contribution in [1.29, 1.82) is 0 Å². The van der Waals surface area contributed by atoms with Crippen LogP contribution in [0.1, 0.15) is 56.2 Å². The lowest BCUT2D eigenvalue weighted by molar-refractivity contribution is 0.172. The minimum Gasteiger partial charge on any atom is -0.395 e. The summed E-state index contributed by atoms with van der Waals surface area (Å²) in [5, 5.41) is 12.2. The van der Waals surface area contributed by atoms with E-state index in [-0.39, 0.29) is 18.7 Å². The standard InChI is InChI=1S/C17H26N2O2/c1-3-10-19(11-12-20)17(21)18-16-9-8-13(2)14-6-4-5-7-15(14)16/h4-7,13,16,20H,3,8-12H2,1-2H3,(H,18,21). The maximum atomic E-state index is 12.4. The maximum Gasteiger partial charge on any atom is 0.317 e. The number of benzene rings is 1. The monoisotopic (exact) mass is 290 g/mol. The summed E-state index contributed by atoms with van der Waals surface area (Å²) in [5.41, 5.74) is 2.59. The Kier molecular flexibility index (Phi) is 5.62. The summed E-state index contributed by atoms with van der Waals surface area (Å²) in [6.45, 7) is 5.36. The van der Waals surface area contributed by atoms with Crippen LogP contribution in [0, 0.1) is 0 Å². The van der Waals surface area contributed by atoms with Gasteiger partial charge in [-0.1, -0.05) is 38.1 Å². The molecule has 0 saturated heterocycles. The molecule has 0 fully saturated rings. The molecule has 21 heavy (non-hydrogen) atoms. The van der Waals surface area contributed by atoms with Gasteiger partial charge in [-0.15, -0.1) is 0 Å². The van der Waals surface area contributed by atoms with Crippen LogP contribution in [0.3, 0.4) is 0 Å². The van der Waals surface area contributed by atoms with Crippen LogP contribution in [0.15, 0.2) is 24.3 Å². The van der Waals surface area contributed by atoms with Crippen molar-refractivity contribution in [3.63, 3.8) is 0 Å². The number of hydrogen-bond acceptors (Lipinski definition) is 2. The summed E-state index contributed by atoms with van der Waals surface area (Å²) in [6, 6.07) is 8.40. The van der Waals surface area contributed by atoms with E-state index in [1.54, 1.807) is 4.90 Å². The van der Waals surface area contributed by atoms with Crippen LogP contribution >= 0.6 is 0 Å². The molecular formula is C17H26N2O2. The molecule has 2 rings (SSSR count). The predicted molar refractivity (Wildman–Crippen MR) is 84.3 cm³/mol. The van der Waals surface area contributed by atoms with Gasteiger partial charge in [-0.3, -0.25) is 0 Å². The molecular weight excluding hydrogens is 264 g/mol. The van der Waals surface area contributed by atoms with Gasteiger partial charge in [-0.25, -0.2) is 4.79 Å². The Morgan fingerprint density at radius 3 is 2.67 bits per heavy atom. The van der Waals surface area contributed by atoms with Crippen LogP contribution in [0.25, 0.3) is 0 Å². The summed E-state index contributed by atoms with van der Waals surface area (Å²) in [7, 11) is 0. The highest BCUT2D eigenvalue weighted by Crippen LogP contribution is 2.36. The lowest BCUT2D eigenvalue weighted by atomic mass is 9.81. The van der Waals surface area contributed by atoms with Gasteiger partial charge in [0.2, 0.25) is 0 Å². The third-order valence-electron chi connectivity index (χ3n) is 4.24. The van der Waals surface area contributed by atoms with E-state index >= 15 is 0 Å². The second-order valence-corrected chi connectivity index (χ2v) is 5.82. The molecule has 2 unspecified atom stereocenters. The molecule has 2 amide bonds. The third-order valence-corrected chi connectivity index (χ3v) is 4.24. The molecule has 2 N–H and O–H groups in total. The zero-order chi connectivity index (χ0) is 15.2. The van der Waals surface area contributed by atoms with Gasteiger partial charge in [0, 0.05) is 13.1 Å². The Balaban J connectivity index is 2.09. The molecule has 0 saturated carbocycles. The summed E-state index contributed by atoms with van der Waals surface area (Å²) in [5.74, 6) is 0.554. The molecule has 4 nitrogen and oxygen atoms in total. The summed E-state index contributed by atoms with van der Waals surface area (Å²) in [4.78, 5) is 14.1. The fourth-order valence-electron chi connectivity index (χ4n) is 3.10. The van der Waals surface area contributed by atoms with Crippen LogP contribution in [0.5, 0.6) is 0 Å². The zero-order valence-electron chi connectivity index (χ0n) is 13.0. The topological polar surface area (TPSA) is 52.6 Å². The number of fused-ring (bicyclic) bond motifs is 1. The van der Waals surface area contributed by atoms with Gasteiger partial charge in [0.25, 0.3) is 0 Å². The molecule has 1 aliphatic carbocycles. The van der Waals surface area contributed by atoms with Crippen LogP contribution in [0.4, 0.5) is 4.79 Å². The van der Waals surface area contributed by atoms with E-state index in [1.807, 2.05) is 13.0 Å². The van der Waals surface area contributed by atoms with Crippen LogP contribution in [-0.2, 0) is 0 Å². The largest absolute Gasteiger partial charge is 0.395 e. The lowest BCUT2D eigenvalue weighted by Gasteiger charge is -2.32. The van der Waals surface area contributed by atoms with Gasteiger partial charge in [-0.05, 0) is 36.3 Å². The van der Waals surface area contributed by atoms with Crippen molar-refractivity contribution < 1.29 is 9.90 Å². The Morgan fingerprint density at radius 1 is 1.29 bits per heavy atom. The van der Waals surface area contributed by atoms with Crippen LogP contribution < -0.4 is 5.32 Å². The first-order valence-electron chi connectivity index (χ1n) is 7.92. The number of nitrogens with one attached hydrogen (secondary N) is 1. The van der Waals surface area contributed by atoms with Crippen LogP contribution in [-0.4, -0.2) is 35.7 Å². The number of rotatable bonds is 5. The highest BCUT2D eigenvalue weighted by Gasteiger charge is 2.26. The van der Waals surface area contributed by atoms with Crippen molar-refractivity contribution >= 4 is 6.03 Å². The van der Waals surface area contributed by atoms with Crippen LogP contribution in [0.2, 0.25) is 0 Å². The molecule has 0 bridgehead atoms. The molecule has 0 spiro atoms. The van der Waals surface area contributed by atoms with Crippen molar-refractivity contribution in [2.24, 2.45) is 0 Å². The number of amides is 2. The summed E-state index contributed by atoms with van der Waals surface area (Å²) in [6.07, 6.45) is 2.96. The highest BCUT2D eigenvalue weighted by molar-refractivity contribution is 5.75. The van der Waals surface area contributed by atoms with E-state index in [0.717, 1.165) is 19.3 Å². The SMILES string of the molecule is CCCN(CCO)C(=O)NC1CCC(C)c2ccccc21. The van der Waals surface area contributed by atoms with Gasteiger partial charge in [0.05, 0.1) is 12.6 Å².